The topological polar surface area (TPSA) is 66.5 Å². The molecule has 0 spiro atoms. The summed E-state index contributed by atoms with van der Waals surface area (Å²) in [5.74, 6) is 0.732. The number of hydrogen-bond acceptors (Lipinski definition) is 4. The number of H-pyrrole nitrogens is 1. The second kappa shape index (κ2) is 4.54. The van der Waals surface area contributed by atoms with E-state index in [1.54, 1.807) is 0 Å². The molecule has 0 aliphatic heterocycles. The van der Waals surface area contributed by atoms with E-state index in [1.165, 1.54) is 5.56 Å². The maximum Gasteiger partial charge on any atom is 0.176 e. The Labute approximate surface area is 87.9 Å². The Balaban J connectivity index is 1.83. The highest BCUT2D eigenvalue weighted by Gasteiger charge is 1.97. The maximum atomic E-state index is 3.88. The van der Waals surface area contributed by atoms with E-state index in [0.717, 1.165) is 24.5 Å². The number of aryl methyl sites for hydroxylation is 1. The first kappa shape index (κ1) is 9.64. The van der Waals surface area contributed by atoms with Crippen LogP contribution in [0.2, 0.25) is 0 Å². The SMILES string of the molecule is Cc1cccc(NCCc2nn[nH]n2)c1. The first-order valence-corrected chi connectivity index (χ1v) is 4.87. The van der Waals surface area contributed by atoms with Crippen molar-refractivity contribution in [3.05, 3.63) is 35.7 Å². The zero-order chi connectivity index (χ0) is 10.5. The van der Waals surface area contributed by atoms with Crippen molar-refractivity contribution in [2.24, 2.45) is 0 Å². The average molecular weight is 203 g/mol. The van der Waals surface area contributed by atoms with Gasteiger partial charge in [0.25, 0.3) is 0 Å². The van der Waals surface area contributed by atoms with Gasteiger partial charge in [-0.05, 0) is 24.6 Å². The van der Waals surface area contributed by atoms with Gasteiger partial charge in [0, 0.05) is 18.7 Å². The van der Waals surface area contributed by atoms with Gasteiger partial charge in [-0.3, -0.25) is 0 Å². The molecular formula is C10H13N5. The van der Waals surface area contributed by atoms with Gasteiger partial charge in [0.05, 0.1) is 0 Å². The molecule has 5 heteroatoms. The van der Waals surface area contributed by atoms with Crippen LogP contribution >= 0.6 is 0 Å². The second-order valence-corrected chi connectivity index (χ2v) is 3.37. The van der Waals surface area contributed by atoms with E-state index in [1.807, 2.05) is 12.1 Å². The molecule has 78 valence electrons. The number of tetrazole rings is 1. The molecule has 0 radical (unpaired) electrons. The fourth-order valence-electron chi connectivity index (χ4n) is 1.36. The molecular weight excluding hydrogens is 190 g/mol. The quantitative estimate of drug-likeness (QED) is 0.782. The molecule has 2 rings (SSSR count). The average Bonchev–Trinajstić information content (AvgIpc) is 2.71. The predicted octanol–water partition coefficient (Wildman–Crippen LogP) is 1.16. The van der Waals surface area contributed by atoms with Crippen LogP contribution in [-0.4, -0.2) is 27.2 Å². The Kier molecular flexibility index (Phi) is 2.92. The third kappa shape index (κ3) is 2.77. The molecule has 5 nitrogen and oxygen atoms in total. The Bertz CT molecular complexity index is 410. The van der Waals surface area contributed by atoms with Gasteiger partial charge in [-0.1, -0.05) is 17.3 Å². The molecule has 0 amide bonds. The lowest BCUT2D eigenvalue weighted by molar-refractivity contribution is 0.881. The highest BCUT2D eigenvalue weighted by atomic mass is 15.5. The van der Waals surface area contributed by atoms with Crippen LogP contribution in [0, 0.1) is 6.92 Å². The van der Waals surface area contributed by atoms with Gasteiger partial charge in [-0.25, -0.2) is 0 Å². The molecule has 0 aliphatic carbocycles. The molecule has 15 heavy (non-hydrogen) atoms. The molecule has 0 atom stereocenters. The van der Waals surface area contributed by atoms with Crippen LogP contribution in [0.25, 0.3) is 0 Å². The third-order valence-corrected chi connectivity index (χ3v) is 2.09. The lowest BCUT2D eigenvalue weighted by Gasteiger charge is -2.04. The minimum absolute atomic E-state index is 0.732. The van der Waals surface area contributed by atoms with E-state index < -0.39 is 0 Å². The number of nitrogens with zero attached hydrogens (tertiary/aromatic N) is 3. The molecule has 0 bridgehead atoms. The van der Waals surface area contributed by atoms with Crippen molar-refractivity contribution in [3.63, 3.8) is 0 Å². The minimum atomic E-state index is 0.732. The molecule has 1 aromatic carbocycles. The zero-order valence-electron chi connectivity index (χ0n) is 8.57. The smallest absolute Gasteiger partial charge is 0.176 e. The van der Waals surface area contributed by atoms with Gasteiger partial charge in [0.1, 0.15) is 0 Å². The molecule has 0 unspecified atom stereocenters. The summed E-state index contributed by atoms with van der Waals surface area (Å²) in [5.41, 5.74) is 2.37. The number of aromatic nitrogens is 4. The summed E-state index contributed by atoms with van der Waals surface area (Å²) in [6, 6.07) is 8.26. The maximum absolute atomic E-state index is 3.88. The van der Waals surface area contributed by atoms with Crippen LogP contribution in [-0.2, 0) is 6.42 Å². The molecule has 0 aliphatic rings. The first-order valence-electron chi connectivity index (χ1n) is 4.87. The van der Waals surface area contributed by atoms with E-state index in [2.05, 4.69) is 45.0 Å². The Morgan fingerprint density at radius 1 is 1.40 bits per heavy atom. The molecule has 1 aromatic heterocycles. The summed E-state index contributed by atoms with van der Waals surface area (Å²) in [5, 5.41) is 17.0. The van der Waals surface area contributed by atoms with E-state index in [9.17, 15) is 0 Å². The van der Waals surface area contributed by atoms with E-state index in [4.69, 9.17) is 0 Å². The third-order valence-electron chi connectivity index (χ3n) is 2.09. The van der Waals surface area contributed by atoms with Gasteiger partial charge < -0.3 is 5.32 Å². The lowest BCUT2D eigenvalue weighted by atomic mass is 10.2. The monoisotopic (exact) mass is 203 g/mol. The molecule has 0 fully saturated rings. The van der Waals surface area contributed by atoms with Crippen LogP contribution in [0.3, 0.4) is 0 Å². The number of benzene rings is 1. The molecule has 0 saturated heterocycles. The molecule has 2 aromatic rings. The standard InChI is InChI=1S/C10H13N5/c1-8-3-2-4-9(7-8)11-6-5-10-12-14-15-13-10/h2-4,7,11H,5-6H2,1H3,(H,12,13,14,15). The molecule has 0 saturated carbocycles. The summed E-state index contributed by atoms with van der Waals surface area (Å²) >= 11 is 0. The zero-order valence-corrected chi connectivity index (χ0v) is 8.57. The number of aromatic amines is 1. The van der Waals surface area contributed by atoms with Crippen molar-refractivity contribution in [2.45, 2.75) is 13.3 Å². The Hall–Kier alpha value is -1.91. The summed E-state index contributed by atoms with van der Waals surface area (Å²) in [4.78, 5) is 0. The highest BCUT2D eigenvalue weighted by molar-refractivity contribution is 5.45. The fraction of sp³-hybridized carbons (Fsp3) is 0.300. The van der Waals surface area contributed by atoms with Gasteiger partial charge in [-0.15, -0.1) is 10.2 Å². The second-order valence-electron chi connectivity index (χ2n) is 3.37. The van der Waals surface area contributed by atoms with Crippen molar-refractivity contribution < 1.29 is 0 Å². The van der Waals surface area contributed by atoms with Crippen LogP contribution in [0.1, 0.15) is 11.4 Å². The number of anilines is 1. The minimum Gasteiger partial charge on any atom is -0.385 e. The summed E-state index contributed by atoms with van der Waals surface area (Å²) in [7, 11) is 0. The van der Waals surface area contributed by atoms with Gasteiger partial charge in [0.15, 0.2) is 5.82 Å². The summed E-state index contributed by atoms with van der Waals surface area (Å²) in [6.45, 7) is 2.88. The first-order chi connectivity index (χ1) is 7.34. The largest absolute Gasteiger partial charge is 0.385 e. The Morgan fingerprint density at radius 2 is 2.33 bits per heavy atom. The number of rotatable bonds is 4. The number of hydrogen-bond donors (Lipinski definition) is 2. The van der Waals surface area contributed by atoms with Crippen LogP contribution < -0.4 is 5.32 Å². The van der Waals surface area contributed by atoms with E-state index >= 15 is 0 Å². The summed E-state index contributed by atoms with van der Waals surface area (Å²) < 4.78 is 0. The van der Waals surface area contributed by atoms with Gasteiger partial charge in [-0.2, -0.15) is 5.21 Å². The lowest BCUT2D eigenvalue weighted by Crippen LogP contribution is -2.06. The van der Waals surface area contributed by atoms with E-state index in [-0.39, 0.29) is 0 Å². The normalized spacial score (nSPS) is 10.2. The van der Waals surface area contributed by atoms with Crippen molar-refractivity contribution >= 4 is 5.69 Å². The van der Waals surface area contributed by atoms with Crippen LogP contribution in [0.5, 0.6) is 0 Å². The summed E-state index contributed by atoms with van der Waals surface area (Å²) in [6.07, 6.45) is 0.768. The van der Waals surface area contributed by atoms with Gasteiger partial charge in [0.2, 0.25) is 0 Å². The van der Waals surface area contributed by atoms with Crippen LogP contribution in [0.4, 0.5) is 5.69 Å². The Morgan fingerprint density at radius 3 is 3.07 bits per heavy atom. The van der Waals surface area contributed by atoms with E-state index in [0.29, 0.717) is 0 Å². The fourth-order valence-corrected chi connectivity index (χ4v) is 1.36. The van der Waals surface area contributed by atoms with Gasteiger partial charge >= 0.3 is 0 Å². The van der Waals surface area contributed by atoms with Crippen molar-refractivity contribution in [2.75, 3.05) is 11.9 Å². The van der Waals surface area contributed by atoms with Crippen molar-refractivity contribution in [1.29, 1.82) is 0 Å². The van der Waals surface area contributed by atoms with Crippen LogP contribution in [0.15, 0.2) is 24.3 Å². The predicted molar refractivity (Wildman–Crippen MR) is 57.6 cm³/mol. The van der Waals surface area contributed by atoms with Crippen molar-refractivity contribution in [3.8, 4) is 0 Å². The highest BCUT2D eigenvalue weighted by Crippen LogP contribution is 2.08. The molecule has 1 heterocycles. The number of nitrogens with one attached hydrogen (secondary N) is 2. The molecule has 2 N–H and O–H groups in total. The van der Waals surface area contributed by atoms with Crippen molar-refractivity contribution in [1.82, 2.24) is 20.6 Å².